The highest BCUT2D eigenvalue weighted by atomic mass is 16.3. The lowest BCUT2D eigenvalue weighted by Gasteiger charge is -2.31. The van der Waals surface area contributed by atoms with Gasteiger partial charge in [-0.1, -0.05) is 69.2 Å². The molecule has 0 unspecified atom stereocenters. The first kappa shape index (κ1) is 44.9. The number of amides is 7. The molecular formula is C41H56N8O9. The largest absolute Gasteiger partial charge is 0.508 e. The van der Waals surface area contributed by atoms with Gasteiger partial charge in [0.25, 0.3) is 0 Å². The van der Waals surface area contributed by atoms with Gasteiger partial charge in [-0.05, 0) is 61.3 Å². The van der Waals surface area contributed by atoms with Crippen molar-refractivity contribution in [1.29, 1.82) is 0 Å². The fraction of sp³-hybridized carbons (Fsp3) is 0.512. The Morgan fingerprint density at radius 3 is 2.17 bits per heavy atom. The van der Waals surface area contributed by atoms with E-state index in [-0.39, 0.29) is 43.9 Å². The van der Waals surface area contributed by atoms with Gasteiger partial charge in [0.1, 0.15) is 36.0 Å². The van der Waals surface area contributed by atoms with Crippen LogP contribution in [0.4, 0.5) is 0 Å². The summed E-state index contributed by atoms with van der Waals surface area (Å²) in [4.78, 5) is 100. The normalized spacial score (nSPS) is 25.9. The van der Waals surface area contributed by atoms with Crippen LogP contribution in [0.3, 0.4) is 0 Å². The zero-order valence-corrected chi connectivity index (χ0v) is 33.4. The first-order valence-electron chi connectivity index (χ1n) is 19.6. The van der Waals surface area contributed by atoms with E-state index in [0.29, 0.717) is 18.4 Å². The number of aliphatic imine (C=N–C) groups is 1. The highest BCUT2D eigenvalue weighted by molar-refractivity contribution is 5.97. The van der Waals surface area contributed by atoms with Crippen LogP contribution in [0.2, 0.25) is 0 Å². The van der Waals surface area contributed by atoms with E-state index in [4.69, 9.17) is 5.73 Å². The standard InChI is InChI=1S/C41H56N8O9/c1-5-25(4)36-40(57)47-32(22-50)41(58)49-21-24(3)16-33(49)39(56)45-28(17-26-8-6-23(2)7-9-26)19-43-31(18-27-10-12-29(51)13-11-27)37(54)44-20-35(53)46-30(38(55)48-36)14-15-34(42)52/h6-13,19,24-25,28,30-33,36,50-51H,5,14-18,20-22H2,1-4H3,(H2,42,52)(H,44,54)(H,45,56)(H,46,53)(H,47,57)(H,48,55)/t24-,25-,28-,30+,31-,32-,33-,36-/m0/s1. The molecule has 2 heterocycles. The third-order valence-electron chi connectivity index (χ3n) is 10.5. The van der Waals surface area contributed by atoms with Gasteiger partial charge in [0, 0.05) is 25.6 Å². The van der Waals surface area contributed by atoms with E-state index in [9.17, 15) is 43.8 Å². The summed E-state index contributed by atoms with van der Waals surface area (Å²) in [5.41, 5.74) is 7.87. The predicted molar refractivity (Wildman–Crippen MR) is 214 cm³/mol. The molecule has 0 spiro atoms. The third-order valence-corrected chi connectivity index (χ3v) is 10.5. The number of benzene rings is 2. The molecule has 0 aliphatic carbocycles. The van der Waals surface area contributed by atoms with Crippen molar-refractivity contribution in [3.8, 4) is 5.75 Å². The third kappa shape index (κ3) is 12.8. The highest BCUT2D eigenvalue weighted by Gasteiger charge is 2.42. The lowest BCUT2D eigenvalue weighted by Crippen LogP contribution is -2.60. The van der Waals surface area contributed by atoms with E-state index in [2.05, 4.69) is 31.6 Å². The number of fused-ring (bicyclic) bond motifs is 1. The molecule has 1 saturated heterocycles. The zero-order valence-electron chi connectivity index (χ0n) is 33.4. The molecule has 2 aromatic rings. The summed E-state index contributed by atoms with van der Waals surface area (Å²) in [7, 11) is 0. The number of nitrogens with zero attached hydrogens (tertiary/aromatic N) is 2. The number of primary amides is 1. The van der Waals surface area contributed by atoms with Crippen molar-refractivity contribution in [2.24, 2.45) is 22.6 Å². The van der Waals surface area contributed by atoms with Gasteiger partial charge in [0.05, 0.1) is 19.2 Å². The molecule has 17 heteroatoms. The lowest BCUT2D eigenvalue weighted by atomic mass is 9.97. The molecule has 7 amide bonds. The Hall–Kier alpha value is -5.84. The van der Waals surface area contributed by atoms with E-state index in [0.717, 1.165) is 11.1 Å². The number of phenols is 1. The number of rotatable bonds is 10. The zero-order chi connectivity index (χ0) is 42.5. The van der Waals surface area contributed by atoms with Crippen LogP contribution in [0.1, 0.15) is 63.1 Å². The molecule has 2 aliphatic rings. The molecular weight excluding hydrogens is 748 g/mol. The van der Waals surface area contributed by atoms with Crippen LogP contribution in [0, 0.1) is 18.8 Å². The van der Waals surface area contributed by atoms with Crippen molar-refractivity contribution in [2.75, 3.05) is 19.7 Å². The van der Waals surface area contributed by atoms with Crippen molar-refractivity contribution in [2.45, 2.75) is 102 Å². The SMILES string of the molecule is CC[C@H](C)[C@@H]1NC(=O)[C@@H](CCC(N)=O)NC(=O)CNC(=O)[C@H](Cc2ccc(O)cc2)N=C[C@H](Cc2ccc(C)cc2)NC(=O)[C@@H]2C[C@H](C)CN2C(=O)[C@H](CO)NC1=O. The summed E-state index contributed by atoms with van der Waals surface area (Å²) in [6.07, 6.45) is 1.95. The van der Waals surface area contributed by atoms with Gasteiger partial charge < -0.3 is 47.4 Å². The first-order chi connectivity index (χ1) is 27.6. The van der Waals surface area contributed by atoms with Gasteiger partial charge in [-0.2, -0.15) is 0 Å². The summed E-state index contributed by atoms with van der Waals surface area (Å²) in [6.45, 7) is 6.08. The van der Waals surface area contributed by atoms with E-state index < -0.39 is 96.7 Å². The summed E-state index contributed by atoms with van der Waals surface area (Å²) in [5, 5.41) is 33.5. The van der Waals surface area contributed by atoms with Crippen LogP contribution in [-0.2, 0) is 46.4 Å². The fourth-order valence-corrected chi connectivity index (χ4v) is 6.90. The van der Waals surface area contributed by atoms with Crippen molar-refractivity contribution in [1.82, 2.24) is 31.5 Å². The Kier molecular flexibility index (Phi) is 16.3. The Morgan fingerprint density at radius 2 is 1.53 bits per heavy atom. The Balaban J connectivity index is 1.76. The molecule has 0 bridgehead atoms. The summed E-state index contributed by atoms with van der Waals surface area (Å²) in [6, 6.07) is 6.89. The molecule has 4 rings (SSSR count). The van der Waals surface area contributed by atoms with E-state index in [1.165, 1.54) is 23.2 Å². The maximum Gasteiger partial charge on any atom is 0.248 e. The van der Waals surface area contributed by atoms with E-state index in [1.54, 1.807) is 26.0 Å². The summed E-state index contributed by atoms with van der Waals surface area (Å²) < 4.78 is 0. The van der Waals surface area contributed by atoms with Gasteiger partial charge >= 0.3 is 0 Å². The molecule has 8 atom stereocenters. The molecule has 0 saturated carbocycles. The second-order valence-corrected chi connectivity index (χ2v) is 15.3. The van der Waals surface area contributed by atoms with Crippen LogP contribution in [0.15, 0.2) is 53.5 Å². The van der Waals surface area contributed by atoms with Crippen LogP contribution < -0.4 is 32.3 Å². The molecule has 58 heavy (non-hydrogen) atoms. The van der Waals surface area contributed by atoms with E-state index in [1.807, 2.05) is 38.1 Å². The van der Waals surface area contributed by atoms with Crippen LogP contribution >= 0.6 is 0 Å². The van der Waals surface area contributed by atoms with Crippen molar-refractivity contribution >= 4 is 47.6 Å². The monoisotopic (exact) mass is 804 g/mol. The minimum atomic E-state index is -1.46. The van der Waals surface area contributed by atoms with Crippen molar-refractivity contribution < 1.29 is 43.8 Å². The number of aliphatic hydroxyl groups excluding tert-OH is 1. The number of hydrogen-bond acceptors (Lipinski definition) is 10. The number of aryl methyl sites for hydroxylation is 1. The second-order valence-electron chi connectivity index (χ2n) is 15.3. The number of hydrogen-bond donors (Lipinski definition) is 8. The lowest BCUT2D eigenvalue weighted by molar-refractivity contribution is -0.143. The summed E-state index contributed by atoms with van der Waals surface area (Å²) >= 11 is 0. The average molecular weight is 805 g/mol. The fourth-order valence-electron chi connectivity index (χ4n) is 6.90. The van der Waals surface area contributed by atoms with E-state index >= 15 is 0 Å². The molecule has 2 aromatic carbocycles. The molecule has 9 N–H and O–H groups in total. The van der Waals surface area contributed by atoms with Crippen LogP contribution in [0.25, 0.3) is 0 Å². The molecule has 0 aromatic heterocycles. The van der Waals surface area contributed by atoms with Crippen molar-refractivity contribution in [3.63, 3.8) is 0 Å². The number of phenolic OH excluding ortho intramolecular Hbond substituents is 1. The Bertz CT molecular complexity index is 1820. The minimum absolute atomic E-state index is 0.0192. The minimum Gasteiger partial charge on any atom is -0.508 e. The highest BCUT2D eigenvalue weighted by Crippen LogP contribution is 2.25. The number of carbonyl (C=O) groups is 7. The number of nitrogens with two attached hydrogens (primary N) is 1. The molecule has 0 radical (unpaired) electrons. The number of nitrogens with one attached hydrogen (secondary N) is 5. The van der Waals surface area contributed by atoms with Crippen LogP contribution in [0.5, 0.6) is 5.75 Å². The smallest absolute Gasteiger partial charge is 0.248 e. The van der Waals surface area contributed by atoms with Gasteiger partial charge in [-0.3, -0.25) is 38.6 Å². The summed E-state index contributed by atoms with van der Waals surface area (Å²) in [5.74, 6) is -5.56. The maximum absolute atomic E-state index is 14.1. The first-order valence-corrected chi connectivity index (χ1v) is 19.6. The second kappa shape index (κ2) is 21.1. The molecule has 17 nitrogen and oxygen atoms in total. The van der Waals surface area contributed by atoms with Gasteiger partial charge in [-0.25, -0.2) is 0 Å². The number of carbonyl (C=O) groups excluding carboxylic acids is 7. The number of aromatic hydroxyl groups is 1. The topological polar surface area (TPSA) is 262 Å². The van der Waals surface area contributed by atoms with Crippen LogP contribution in [-0.4, -0.2) is 119 Å². The Labute approximate surface area is 338 Å². The van der Waals surface area contributed by atoms with Gasteiger partial charge in [-0.15, -0.1) is 0 Å². The molecule has 1 fully saturated rings. The number of aliphatic hydroxyl groups is 1. The average Bonchev–Trinajstić information content (AvgIpc) is 3.60. The van der Waals surface area contributed by atoms with Crippen molar-refractivity contribution in [3.05, 3.63) is 65.2 Å². The quantitative estimate of drug-likeness (QED) is 0.154. The predicted octanol–water partition coefficient (Wildman–Crippen LogP) is -0.465. The molecule has 2 aliphatic heterocycles. The van der Waals surface area contributed by atoms with Gasteiger partial charge in [0.2, 0.25) is 41.4 Å². The molecule has 314 valence electrons. The Morgan fingerprint density at radius 1 is 0.879 bits per heavy atom. The van der Waals surface area contributed by atoms with Gasteiger partial charge in [0.15, 0.2) is 0 Å². The maximum atomic E-state index is 14.1.